The molecule has 1 nitrogen and oxygen atoms in total. The Labute approximate surface area is 131 Å². The van der Waals surface area contributed by atoms with Gasteiger partial charge in [-0.05, 0) is 47.2 Å². The molecule has 1 N–H and O–H groups in total. The van der Waals surface area contributed by atoms with E-state index in [1.54, 1.807) is 31.2 Å². The molecular weight excluding hydrogens is 404 g/mol. The summed E-state index contributed by atoms with van der Waals surface area (Å²) in [6.07, 6.45) is 0. The molecule has 0 spiro atoms. The van der Waals surface area contributed by atoms with Gasteiger partial charge in [-0.2, -0.15) is 0 Å². The first-order valence-electron chi connectivity index (χ1n) is 5.86. The third-order valence-electron chi connectivity index (χ3n) is 2.94. The van der Waals surface area contributed by atoms with Gasteiger partial charge in [0.05, 0.1) is 0 Å². The summed E-state index contributed by atoms with van der Waals surface area (Å²) < 4.78 is 67.2. The SMILES string of the molecule is CC(Nc1c(F)c(F)c(F)c(F)c1F)c1ccc(I)cc1. The summed E-state index contributed by atoms with van der Waals surface area (Å²) in [5.74, 6) is -9.84. The summed E-state index contributed by atoms with van der Waals surface area (Å²) in [6, 6.07) is 6.31. The molecular formula is C14H9F5IN. The Morgan fingerprint density at radius 2 is 1.24 bits per heavy atom. The van der Waals surface area contributed by atoms with Crippen LogP contribution in [0.4, 0.5) is 27.6 Å². The van der Waals surface area contributed by atoms with Crippen LogP contribution >= 0.6 is 22.6 Å². The number of anilines is 1. The smallest absolute Gasteiger partial charge is 0.200 e. The first-order valence-corrected chi connectivity index (χ1v) is 6.94. The normalized spacial score (nSPS) is 12.3. The fourth-order valence-electron chi connectivity index (χ4n) is 1.78. The van der Waals surface area contributed by atoms with E-state index in [1.165, 1.54) is 0 Å². The Morgan fingerprint density at radius 1 is 0.810 bits per heavy atom. The molecule has 0 saturated carbocycles. The van der Waals surface area contributed by atoms with Gasteiger partial charge in [-0.15, -0.1) is 0 Å². The van der Waals surface area contributed by atoms with E-state index in [0.29, 0.717) is 5.56 Å². The van der Waals surface area contributed by atoms with Crippen molar-refractivity contribution >= 4 is 28.3 Å². The number of halogens is 6. The van der Waals surface area contributed by atoms with Crippen molar-refractivity contribution in [2.45, 2.75) is 13.0 Å². The minimum absolute atomic E-state index is 0.629. The topological polar surface area (TPSA) is 12.0 Å². The van der Waals surface area contributed by atoms with Gasteiger partial charge in [0.1, 0.15) is 5.69 Å². The Kier molecular flexibility index (Phi) is 4.70. The molecule has 0 heterocycles. The molecule has 112 valence electrons. The van der Waals surface area contributed by atoms with Crippen LogP contribution in [-0.2, 0) is 0 Å². The Bertz CT molecular complexity index is 643. The maximum Gasteiger partial charge on any atom is 0.200 e. The summed E-state index contributed by atoms with van der Waals surface area (Å²) in [5, 5.41) is 2.32. The van der Waals surface area contributed by atoms with E-state index in [2.05, 4.69) is 27.9 Å². The number of nitrogens with one attached hydrogen (secondary N) is 1. The van der Waals surface area contributed by atoms with Crippen molar-refractivity contribution in [3.05, 3.63) is 62.5 Å². The number of hydrogen-bond acceptors (Lipinski definition) is 1. The highest BCUT2D eigenvalue weighted by Crippen LogP contribution is 2.30. The molecule has 2 aromatic rings. The van der Waals surface area contributed by atoms with Gasteiger partial charge in [0.25, 0.3) is 0 Å². The lowest BCUT2D eigenvalue weighted by Gasteiger charge is -2.17. The minimum Gasteiger partial charge on any atom is -0.374 e. The maximum absolute atomic E-state index is 13.6. The van der Waals surface area contributed by atoms with Crippen molar-refractivity contribution in [2.24, 2.45) is 0 Å². The van der Waals surface area contributed by atoms with Crippen molar-refractivity contribution in [1.29, 1.82) is 0 Å². The third kappa shape index (κ3) is 3.12. The van der Waals surface area contributed by atoms with Crippen LogP contribution in [0.1, 0.15) is 18.5 Å². The van der Waals surface area contributed by atoms with Gasteiger partial charge in [0.2, 0.25) is 5.82 Å². The zero-order valence-corrected chi connectivity index (χ0v) is 12.8. The predicted molar refractivity (Wildman–Crippen MR) is 77.4 cm³/mol. The average Bonchev–Trinajstić information content (AvgIpc) is 2.48. The fourth-order valence-corrected chi connectivity index (χ4v) is 2.14. The van der Waals surface area contributed by atoms with Gasteiger partial charge in [0.15, 0.2) is 23.3 Å². The molecule has 0 aromatic heterocycles. The Morgan fingerprint density at radius 3 is 1.71 bits per heavy atom. The van der Waals surface area contributed by atoms with Crippen molar-refractivity contribution in [2.75, 3.05) is 5.32 Å². The highest BCUT2D eigenvalue weighted by molar-refractivity contribution is 14.1. The van der Waals surface area contributed by atoms with Gasteiger partial charge in [0, 0.05) is 9.61 Å². The van der Waals surface area contributed by atoms with Crippen molar-refractivity contribution in [1.82, 2.24) is 0 Å². The Balaban J connectivity index is 2.37. The van der Waals surface area contributed by atoms with Crippen LogP contribution in [-0.4, -0.2) is 0 Å². The van der Waals surface area contributed by atoms with Gasteiger partial charge in [-0.1, -0.05) is 12.1 Å². The molecule has 0 aliphatic rings. The summed E-state index contributed by atoms with van der Waals surface area (Å²) >= 11 is 2.09. The van der Waals surface area contributed by atoms with E-state index in [0.717, 1.165) is 3.57 Å². The molecule has 0 fully saturated rings. The van der Waals surface area contributed by atoms with Crippen molar-refractivity contribution in [3.8, 4) is 0 Å². The zero-order chi connectivity index (χ0) is 15.7. The molecule has 0 aliphatic carbocycles. The summed E-state index contributed by atoms with van der Waals surface area (Å²) in [7, 11) is 0. The first kappa shape index (κ1) is 16.0. The van der Waals surface area contributed by atoms with E-state index in [1.807, 2.05) is 0 Å². The lowest BCUT2D eigenvalue weighted by atomic mass is 10.1. The van der Waals surface area contributed by atoms with E-state index >= 15 is 0 Å². The lowest BCUT2D eigenvalue weighted by Crippen LogP contribution is -2.13. The molecule has 0 bridgehead atoms. The quantitative estimate of drug-likeness (QED) is 0.317. The number of rotatable bonds is 3. The monoisotopic (exact) mass is 413 g/mol. The molecule has 1 atom stereocenters. The second-order valence-corrected chi connectivity index (χ2v) is 5.61. The van der Waals surface area contributed by atoms with Crippen molar-refractivity contribution in [3.63, 3.8) is 0 Å². The van der Waals surface area contributed by atoms with E-state index in [-0.39, 0.29) is 0 Å². The number of hydrogen-bond donors (Lipinski definition) is 1. The average molecular weight is 413 g/mol. The van der Waals surface area contributed by atoms with Gasteiger partial charge in [-0.25, -0.2) is 22.0 Å². The van der Waals surface area contributed by atoms with Crippen LogP contribution in [0.5, 0.6) is 0 Å². The molecule has 0 saturated heterocycles. The summed E-state index contributed by atoms with van der Waals surface area (Å²) in [6.45, 7) is 1.56. The zero-order valence-electron chi connectivity index (χ0n) is 10.7. The molecule has 2 rings (SSSR count). The largest absolute Gasteiger partial charge is 0.374 e. The van der Waals surface area contributed by atoms with Gasteiger partial charge >= 0.3 is 0 Å². The minimum atomic E-state index is -2.17. The predicted octanol–water partition coefficient (Wildman–Crippen LogP) is 5.16. The maximum atomic E-state index is 13.6. The third-order valence-corrected chi connectivity index (χ3v) is 3.66. The van der Waals surface area contributed by atoms with Crippen LogP contribution in [0.3, 0.4) is 0 Å². The molecule has 2 aromatic carbocycles. The highest BCUT2D eigenvalue weighted by Gasteiger charge is 2.26. The van der Waals surface area contributed by atoms with Gasteiger partial charge < -0.3 is 5.32 Å². The van der Waals surface area contributed by atoms with E-state index < -0.39 is 40.8 Å². The van der Waals surface area contributed by atoms with Crippen LogP contribution < -0.4 is 5.32 Å². The summed E-state index contributed by atoms with van der Waals surface area (Å²) in [5.41, 5.74) is -0.378. The second kappa shape index (κ2) is 6.17. The van der Waals surface area contributed by atoms with E-state index in [9.17, 15) is 22.0 Å². The molecule has 0 radical (unpaired) electrons. The second-order valence-electron chi connectivity index (χ2n) is 4.36. The van der Waals surface area contributed by atoms with Crippen LogP contribution in [0.2, 0.25) is 0 Å². The highest BCUT2D eigenvalue weighted by atomic mass is 127. The van der Waals surface area contributed by atoms with Crippen LogP contribution in [0, 0.1) is 32.7 Å². The molecule has 7 heteroatoms. The molecule has 21 heavy (non-hydrogen) atoms. The van der Waals surface area contributed by atoms with Crippen molar-refractivity contribution < 1.29 is 22.0 Å². The molecule has 0 aliphatic heterocycles. The first-order chi connectivity index (χ1) is 9.82. The lowest BCUT2D eigenvalue weighted by molar-refractivity contribution is 0.381. The van der Waals surface area contributed by atoms with Crippen LogP contribution in [0.15, 0.2) is 24.3 Å². The molecule has 0 amide bonds. The fraction of sp³-hybridized carbons (Fsp3) is 0.143. The van der Waals surface area contributed by atoms with E-state index in [4.69, 9.17) is 0 Å². The van der Waals surface area contributed by atoms with Crippen LogP contribution in [0.25, 0.3) is 0 Å². The molecule has 1 unspecified atom stereocenters. The Hall–Kier alpha value is -1.38. The number of benzene rings is 2. The van der Waals surface area contributed by atoms with Gasteiger partial charge in [-0.3, -0.25) is 0 Å². The summed E-state index contributed by atoms with van der Waals surface area (Å²) in [4.78, 5) is 0. The standard InChI is InChI=1S/C14H9F5IN/c1-6(7-2-4-8(20)5-3-7)21-14-12(18)10(16)9(15)11(17)13(14)19/h2-6,21H,1H3.